The molecule has 0 saturated carbocycles. The van der Waals surface area contributed by atoms with E-state index in [-0.39, 0.29) is 25.4 Å². The monoisotopic (exact) mass is 223 g/mol. The van der Waals surface area contributed by atoms with Crippen LogP contribution in [0.15, 0.2) is 6.07 Å². The third-order valence-electron chi connectivity index (χ3n) is 1.84. The molecule has 0 spiro atoms. The van der Waals surface area contributed by atoms with Gasteiger partial charge in [0.25, 0.3) is 0 Å². The summed E-state index contributed by atoms with van der Waals surface area (Å²) in [6, 6.07) is 0.954. The summed E-state index contributed by atoms with van der Waals surface area (Å²) in [5.41, 5.74) is 4.66. The second-order valence-electron chi connectivity index (χ2n) is 2.94. The van der Waals surface area contributed by atoms with Crippen LogP contribution in [0.5, 0.6) is 0 Å². The summed E-state index contributed by atoms with van der Waals surface area (Å²) in [5, 5.41) is 3.72. The predicted molar refractivity (Wildman–Crippen MR) is 47.0 cm³/mol. The van der Waals surface area contributed by atoms with Crippen LogP contribution in [-0.4, -0.2) is 23.5 Å². The number of alkyl halides is 3. The number of methoxy groups -OCH3 is 1. The maximum absolute atomic E-state index is 12.5. The maximum Gasteiger partial charge on any atom is 0.433 e. The molecule has 0 saturated heterocycles. The quantitative estimate of drug-likeness (QED) is 0.828. The van der Waals surface area contributed by atoms with Crippen LogP contribution in [0.25, 0.3) is 0 Å². The lowest BCUT2D eigenvalue weighted by Crippen LogP contribution is -2.16. The lowest BCUT2D eigenvalue weighted by atomic mass is 10.3. The van der Waals surface area contributed by atoms with Crippen molar-refractivity contribution in [2.24, 2.45) is 5.73 Å². The van der Waals surface area contributed by atoms with Gasteiger partial charge in [-0.25, -0.2) is 0 Å². The Labute approximate surface area is 84.8 Å². The number of nitrogens with two attached hydrogens (primary N) is 1. The number of halogens is 3. The Hall–Kier alpha value is -1.08. The third-order valence-corrected chi connectivity index (χ3v) is 1.84. The van der Waals surface area contributed by atoms with Crippen molar-refractivity contribution in [1.29, 1.82) is 0 Å². The first-order valence-electron chi connectivity index (χ1n) is 4.32. The minimum atomic E-state index is -4.41. The lowest BCUT2D eigenvalue weighted by molar-refractivity contribution is -0.144. The molecule has 15 heavy (non-hydrogen) atoms. The summed E-state index contributed by atoms with van der Waals surface area (Å²) in [6.07, 6.45) is -4.41. The molecule has 1 aromatic heterocycles. The molecule has 0 aliphatic rings. The van der Waals surface area contributed by atoms with Crippen molar-refractivity contribution >= 4 is 0 Å². The van der Waals surface area contributed by atoms with Crippen LogP contribution >= 0.6 is 0 Å². The summed E-state index contributed by atoms with van der Waals surface area (Å²) in [5.74, 6) is 0. The van der Waals surface area contributed by atoms with Gasteiger partial charge in [0.1, 0.15) is 5.69 Å². The molecule has 1 aromatic rings. The van der Waals surface area contributed by atoms with E-state index in [9.17, 15) is 13.2 Å². The Morgan fingerprint density at radius 3 is 2.67 bits per heavy atom. The molecule has 86 valence electrons. The fourth-order valence-electron chi connectivity index (χ4n) is 1.15. The maximum atomic E-state index is 12.5. The summed E-state index contributed by atoms with van der Waals surface area (Å²) in [4.78, 5) is 0. The molecule has 0 radical (unpaired) electrons. The summed E-state index contributed by atoms with van der Waals surface area (Å²) >= 11 is 0. The zero-order chi connectivity index (χ0) is 11.5. The first kappa shape index (κ1) is 12.0. The van der Waals surface area contributed by atoms with Crippen molar-refractivity contribution in [2.75, 3.05) is 13.7 Å². The minimum Gasteiger partial charge on any atom is -0.383 e. The van der Waals surface area contributed by atoms with Crippen molar-refractivity contribution in [3.05, 3.63) is 17.5 Å². The lowest BCUT2D eigenvalue weighted by Gasteiger charge is -2.09. The highest BCUT2D eigenvalue weighted by Gasteiger charge is 2.35. The largest absolute Gasteiger partial charge is 0.433 e. The van der Waals surface area contributed by atoms with E-state index in [1.165, 1.54) is 7.11 Å². The molecule has 7 heteroatoms. The van der Waals surface area contributed by atoms with Gasteiger partial charge >= 0.3 is 6.18 Å². The Morgan fingerprint density at radius 1 is 1.53 bits per heavy atom. The molecule has 0 bridgehead atoms. The molecule has 0 amide bonds. The van der Waals surface area contributed by atoms with E-state index < -0.39 is 11.9 Å². The average molecular weight is 223 g/mol. The van der Waals surface area contributed by atoms with Crippen molar-refractivity contribution in [3.8, 4) is 0 Å². The highest BCUT2D eigenvalue weighted by atomic mass is 19.4. The molecule has 0 unspecified atom stereocenters. The number of aromatic nitrogens is 2. The highest BCUT2D eigenvalue weighted by molar-refractivity contribution is 5.13. The van der Waals surface area contributed by atoms with Crippen molar-refractivity contribution in [2.45, 2.75) is 19.3 Å². The fraction of sp³-hybridized carbons (Fsp3) is 0.625. The van der Waals surface area contributed by atoms with Crippen molar-refractivity contribution < 1.29 is 17.9 Å². The van der Waals surface area contributed by atoms with Crippen LogP contribution in [0.2, 0.25) is 0 Å². The molecule has 0 aliphatic carbocycles. The number of rotatable bonds is 4. The van der Waals surface area contributed by atoms with E-state index in [0.29, 0.717) is 0 Å². The minimum absolute atomic E-state index is 0.0109. The van der Waals surface area contributed by atoms with Crippen LogP contribution in [-0.2, 0) is 24.0 Å². The van der Waals surface area contributed by atoms with E-state index in [1.54, 1.807) is 0 Å². The van der Waals surface area contributed by atoms with E-state index >= 15 is 0 Å². The Bertz CT molecular complexity index is 321. The fourth-order valence-corrected chi connectivity index (χ4v) is 1.15. The zero-order valence-electron chi connectivity index (χ0n) is 8.21. The topological polar surface area (TPSA) is 53.1 Å². The van der Waals surface area contributed by atoms with Gasteiger partial charge in [-0.15, -0.1) is 0 Å². The highest BCUT2D eigenvalue weighted by Crippen LogP contribution is 2.29. The smallest absolute Gasteiger partial charge is 0.383 e. The van der Waals surface area contributed by atoms with Gasteiger partial charge in [0.2, 0.25) is 0 Å². The molecular formula is C8H12F3N3O. The van der Waals surface area contributed by atoms with Gasteiger partial charge < -0.3 is 10.5 Å². The second kappa shape index (κ2) is 4.63. The van der Waals surface area contributed by atoms with Gasteiger partial charge in [0.05, 0.1) is 18.8 Å². The van der Waals surface area contributed by atoms with Crippen molar-refractivity contribution in [1.82, 2.24) is 9.78 Å². The molecule has 0 aliphatic heterocycles. The summed E-state index contributed by atoms with van der Waals surface area (Å²) in [6.45, 7) is 0.225. The normalized spacial score (nSPS) is 12.1. The molecule has 4 nitrogen and oxygen atoms in total. The Kier molecular flexibility index (Phi) is 3.70. The molecule has 1 heterocycles. The third kappa shape index (κ3) is 2.93. The van der Waals surface area contributed by atoms with Gasteiger partial charge in [0, 0.05) is 13.7 Å². The van der Waals surface area contributed by atoms with Gasteiger partial charge in [-0.05, 0) is 6.07 Å². The van der Waals surface area contributed by atoms with E-state index in [2.05, 4.69) is 5.10 Å². The molecule has 0 fully saturated rings. The number of ether oxygens (including phenoxy) is 1. The number of nitrogens with zero attached hydrogens (tertiary/aromatic N) is 2. The van der Waals surface area contributed by atoms with Crippen molar-refractivity contribution in [3.63, 3.8) is 0 Å². The van der Waals surface area contributed by atoms with Crippen LogP contribution in [0, 0.1) is 0 Å². The van der Waals surface area contributed by atoms with Gasteiger partial charge in [0.15, 0.2) is 0 Å². The van der Waals surface area contributed by atoms with Crippen LogP contribution < -0.4 is 5.73 Å². The summed E-state index contributed by atoms with van der Waals surface area (Å²) in [7, 11) is 1.42. The first-order chi connectivity index (χ1) is 6.99. The van der Waals surface area contributed by atoms with E-state index in [4.69, 9.17) is 10.5 Å². The average Bonchev–Trinajstić information content (AvgIpc) is 2.57. The van der Waals surface area contributed by atoms with E-state index in [0.717, 1.165) is 10.7 Å². The standard InChI is InChI=1S/C8H12F3N3O/c1-15-3-2-14-7(8(9,10)11)4-6(5-12)13-14/h4H,2-3,5,12H2,1H3. The van der Waals surface area contributed by atoms with Gasteiger partial charge in [-0.2, -0.15) is 18.3 Å². The van der Waals surface area contributed by atoms with Gasteiger partial charge in [-0.1, -0.05) is 0 Å². The van der Waals surface area contributed by atoms with Gasteiger partial charge in [-0.3, -0.25) is 4.68 Å². The van der Waals surface area contributed by atoms with Crippen LogP contribution in [0.4, 0.5) is 13.2 Å². The first-order valence-corrected chi connectivity index (χ1v) is 4.32. The second-order valence-corrected chi connectivity index (χ2v) is 2.94. The molecule has 0 aromatic carbocycles. The van der Waals surface area contributed by atoms with Crippen LogP contribution in [0.1, 0.15) is 11.4 Å². The summed E-state index contributed by atoms with van der Waals surface area (Å²) < 4.78 is 43.0. The Morgan fingerprint density at radius 2 is 2.20 bits per heavy atom. The molecular weight excluding hydrogens is 211 g/mol. The molecule has 1 rings (SSSR count). The predicted octanol–water partition coefficient (Wildman–Crippen LogP) is 1.01. The molecule has 2 N–H and O–H groups in total. The number of hydrogen-bond donors (Lipinski definition) is 1. The van der Waals surface area contributed by atoms with Crippen LogP contribution in [0.3, 0.4) is 0 Å². The molecule has 0 atom stereocenters. The van der Waals surface area contributed by atoms with E-state index in [1.807, 2.05) is 0 Å². The number of hydrogen-bond acceptors (Lipinski definition) is 3. The SMILES string of the molecule is COCCn1nc(CN)cc1C(F)(F)F. The zero-order valence-corrected chi connectivity index (χ0v) is 8.21. The Balaban J connectivity index is 2.95.